The summed E-state index contributed by atoms with van der Waals surface area (Å²) in [5.41, 5.74) is 0. The van der Waals surface area contributed by atoms with Crippen LogP contribution in [0, 0.1) is 17.8 Å². The van der Waals surface area contributed by atoms with Crippen LogP contribution < -0.4 is 0 Å². The molecular formula is C11H12Cl2S. The molecule has 0 aromatic carbocycles. The van der Waals surface area contributed by atoms with E-state index >= 15 is 0 Å². The average molecular weight is 247 g/mol. The summed E-state index contributed by atoms with van der Waals surface area (Å²) in [4.78, 5) is 1.25. The van der Waals surface area contributed by atoms with Crippen LogP contribution in [0.5, 0.6) is 0 Å². The molecule has 0 N–H and O–H groups in total. The molecule has 3 rings (SSSR count). The molecule has 0 nitrogen and oxygen atoms in total. The summed E-state index contributed by atoms with van der Waals surface area (Å²) in [5, 5.41) is 0.209. The molecule has 0 saturated heterocycles. The van der Waals surface area contributed by atoms with Gasteiger partial charge in [-0.3, -0.25) is 0 Å². The van der Waals surface area contributed by atoms with Crippen molar-refractivity contribution in [3.05, 3.63) is 21.3 Å². The highest BCUT2D eigenvalue weighted by Crippen LogP contribution is 2.58. The van der Waals surface area contributed by atoms with Gasteiger partial charge in [0, 0.05) is 4.88 Å². The summed E-state index contributed by atoms with van der Waals surface area (Å²) < 4.78 is 0.855. The second-order valence-electron chi connectivity index (χ2n) is 4.53. The van der Waals surface area contributed by atoms with Crippen molar-refractivity contribution >= 4 is 34.5 Å². The van der Waals surface area contributed by atoms with Crippen LogP contribution in [0.1, 0.15) is 29.5 Å². The van der Waals surface area contributed by atoms with E-state index in [1.165, 1.54) is 24.1 Å². The van der Waals surface area contributed by atoms with Crippen LogP contribution in [0.25, 0.3) is 0 Å². The fraction of sp³-hybridized carbons (Fsp3) is 0.636. The third-order valence-electron chi connectivity index (χ3n) is 3.56. The van der Waals surface area contributed by atoms with E-state index in [-0.39, 0.29) is 5.38 Å². The fourth-order valence-corrected chi connectivity index (χ4v) is 4.25. The van der Waals surface area contributed by atoms with Crippen LogP contribution in [0.4, 0.5) is 0 Å². The monoisotopic (exact) mass is 246 g/mol. The summed E-state index contributed by atoms with van der Waals surface area (Å²) in [7, 11) is 0. The van der Waals surface area contributed by atoms with Crippen LogP contribution in [0.2, 0.25) is 4.34 Å². The Morgan fingerprint density at radius 2 is 1.93 bits per heavy atom. The smallest absolute Gasteiger partial charge is 0.0931 e. The molecule has 0 aliphatic heterocycles. The minimum absolute atomic E-state index is 0.209. The van der Waals surface area contributed by atoms with Crippen molar-refractivity contribution in [1.29, 1.82) is 0 Å². The zero-order valence-electron chi connectivity index (χ0n) is 7.75. The predicted octanol–water partition coefficient (Wildman–Crippen LogP) is 4.73. The Bertz CT molecular complexity index is 337. The quantitative estimate of drug-likeness (QED) is 0.663. The fourth-order valence-electron chi connectivity index (χ4n) is 2.71. The summed E-state index contributed by atoms with van der Waals surface area (Å²) in [6.45, 7) is 0. The topological polar surface area (TPSA) is 0 Å². The molecule has 3 atom stereocenters. The molecule has 76 valence electrons. The molecule has 0 bridgehead atoms. The van der Waals surface area contributed by atoms with Gasteiger partial charge >= 0.3 is 0 Å². The van der Waals surface area contributed by atoms with E-state index in [0.29, 0.717) is 5.92 Å². The molecule has 14 heavy (non-hydrogen) atoms. The van der Waals surface area contributed by atoms with E-state index in [0.717, 1.165) is 16.2 Å². The first-order valence-corrected chi connectivity index (χ1v) is 6.76. The summed E-state index contributed by atoms with van der Waals surface area (Å²) in [6.07, 6.45) is 4.15. The van der Waals surface area contributed by atoms with Crippen molar-refractivity contribution in [3.63, 3.8) is 0 Å². The molecule has 2 aliphatic carbocycles. The normalized spacial score (nSPS) is 36.9. The maximum absolute atomic E-state index is 6.46. The Hall–Kier alpha value is 0.280. The van der Waals surface area contributed by atoms with Gasteiger partial charge in [0.15, 0.2) is 0 Å². The van der Waals surface area contributed by atoms with E-state index in [1.807, 2.05) is 6.07 Å². The number of alkyl halides is 1. The lowest BCUT2D eigenvalue weighted by molar-refractivity contribution is 0.475. The zero-order valence-corrected chi connectivity index (χ0v) is 10.1. The number of hydrogen-bond donors (Lipinski definition) is 0. The molecular weight excluding hydrogens is 235 g/mol. The number of halogens is 2. The molecule has 1 heterocycles. The first kappa shape index (κ1) is 9.50. The largest absolute Gasteiger partial charge is 0.127 e. The Morgan fingerprint density at radius 1 is 1.21 bits per heavy atom. The van der Waals surface area contributed by atoms with Gasteiger partial charge in [-0.05, 0) is 49.1 Å². The maximum atomic E-state index is 6.46. The molecule has 0 radical (unpaired) electrons. The predicted molar refractivity (Wildman–Crippen MR) is 62.2 cm³/mol. The second-order valence-corrected chi connectivity index (χ2v) is 6.75. The van der Waals surface area contributed by atoms with Gasteiger partial charge in [-0.15, -0.1) is 22.9 Å². The van der Waals surface area contributed by atoms with E-state index < -0.39 is 0 Å². The molecule has 3 unspecified atom stereocenters. The Balaban J connectivity index is 1.72. The Morgan fingerprint density at radius 3 is 2.50 bits per heavy atom. The second kappa shape index (κ2) is 3.40. The number of hydrogen-bond acceptors (Lipinski definition) is 1. The third kappa shape index (κ3) is 1.60. The lowest BCUT2D eigenvalue weighted by Crippen LogP contribution is -2.04. The highest BCUT2D eigenvalue weighted by molar-refractivity contribution is 7.16. The van der Waals surface area contributed by atoms with Crippen LogP contribution >= 0.6 is 34.5 Å². The highest BCUT2D eigenvalue weighted by atomic mass is 35.5. The van der Waals surface area contributed by atoms with E-state index in [9.17, 15) is 0 Å². The van der Waals surface area contributed by atoms with Gasteiger partial charge in [-0.1, -0.05) is 11.6 Å². The lowest BCUT2D eigenvalue weighted by atomic mass is 9.98. The maximum Gasteiger partial charge on any atom is 0.0931 e. The molecule has 1 aromatic heterocycles. The molecule has 0 amide bonds. The first-order valence-electron chi connectivity index (χ1n) is 5.13. The van der Waals surface area contributed by atoms with Crippen LogP contribution in [-0.4, -0.2) is 0 Å². The van der Waals surface area contributed by atoms with Gasteiger partial charge in [0.2, 0.25) is 0 Å². The van der Waals surface area contributed by atoms with Crippen molar-refractivity contribution in [2.75, 3.05) is 0 Å². The average Bonchev–Trinajstić information content (AvgIpc) is 2.64. The molecule has 3 heteroatoms. The van der Waals surface area contributed by atoms with Gasteiger partial charge in [-0.2, -0.15) is 0 Å². The van der Waals surface area contributed by atoms with Gasteiger partial charge in [0.25, 0.3) is 0 Å². The lowest BCUT2D eigenvalue weighted by Gasteiger charge is -2.16. The van der Waals surface area contributed by atoms with Crippen LogP contribution in [0.3, 0.4) is 0 Å². The third-order valence-corrected chi connectivity index (χ3v) is 5.59. The van der Waals surface area contributed by atoms with Crippen molar-refractivity contribution in [3.8, 4) is 0 Å². The Kier molecular flexibility index (Phi) is 2.31. The SMILES string of the molecule is Clc1ccc(C(Cl)C2CC3CC3C2)s1. The van der Waals surface area contributed by atoms with Gasteiger partial charge in [0.05, 0.1) is 9.71 Å². The van der Waals surface area contributed by atoms with E-state index in [4.69, 9.17) is 23.2 Å². The number of fused-ring (bicyclic) bond motifs is 1. The van der Waals surface area contributed by atoms with Crippen molar-refractivity contribution in [2.24, 2.45) is 17.8 Å². The van der Waals surface area contributed by atoms with Gasteiger partial charge in [0.1, 0.15) is 0 Å². The molecule has 1 aromatic rings. The van der Waals surface area contributed by atoms with E-state index in [2.05, 4.69) is 6.07 Å². The summed E-state index contributed by atoms with van der Waals surface area (Å²) >= 11 is 14.0. The minimum atomic E-state index is 0.209. The van der Waals surface area contributed by atoms with Crippen LogP contribution in [-0.2, 0) is 0 Å². The molecule has 2 aliphatic rings. The molecule has 0 spiro atoms. The van der Waals surface area contributed by atoms with Gasteiger partial charge in [-0.25, -0.2) is 0 Å². The van der Waals surface area contributed by atoms with E-state index in [1.54, 1.807) is 11.3 Å². The Labute approximate surface area is 98.2 Å². The summed E-state index contributed by atoms with van der Waals surface area (Å²) in [6, 6.07) is 4.03. The highest BCUT2D eigenvalue weighted by Gasteiger charge is 2.47. The number of thiophene rings is 1. The first-order chi connectivity index (χ1) is 6.74. The van der Waals surface area contributed by atoms with Crippen molar-refractivity contribution in [2.45, 2.75) is 24.6 Å². The summed E-state index contributed by atoms with van der Waals surface area (Å²) in [5.74, 6) is 2.73. The number of rotatable bonds is 2. The van der Waals surface area contributed by atoms with Crippen molar-refractivity contribution in [1.82, 2.24) is 0 Å². The standard InChI is InChI=1S/C11H12Cl2S/c12-10-2-1-9(14-10)11(13)8-4-6-3-7(6)5-8/h1-2,6-8,11H,3-5H2. The molecule has 2 fully saturated rings. The molecule has 2 saturated carbocycles. The van der Waals surface area contributed by atoms with Crippen LogP contribution in [0.15, 0.2) is 12.1 Å². The zero-order chi connectivity index (χ0) is 9.71. The minimum Gasteiger partial charge on any atom is -0.127 e. The van der Waals surface area contributed by atoms with Crippen molar-refractivity contribution < 1.29 is 0 Å². The van der Waals surface area contributed by atoms with Gasteiger partial charge < -0.3 is 0 Å².